The molecule has 2 aromatic rings. The number of nitro benzene ring substituents is 1. The van der Waals surface area contributed by atoms with Crippen molar-refractivity contribution in [1.29, 1.82) is 0 Å². The van der Waals surface area contributed by atoms with Gasteiger partial charge in [-0.1, -0.05) is 12.1 Å². The smallest absolute Gasteiger partial charge is 0.272 e. The highest BCUT2D eigenvalue weighted by Gasteiger charge is 2.12. The van der Waals surface area contributed by atoms with Crippen LogP contribution in [0.2, 0.25) is 0 Å². The number of hydrogen-bond acceptors (Lipinski definition) is 5. The summed E-state index contributed by atoms with van der Waals surface area (Å²) in [6.45, 7) is 2.98. The number of ether oxygens (including phenoxy) is 1. The summed E-state index contributed by atoms with van der Waals surface area (Å²) in [5.74, 6) is 0.570. The Kier molecular flexibility index (Phi) is 4.84. The van der Waals surface area contributed by atoms with Crippen molar-refractivity contribution in [1.82, 2.24) is 10.3 Å². The Labute approximate surface area is 122 Å². The van der Waals surface area contributed by atoms with E-state index in [2.05, 4.69) is 10.3 Å². The van der Waals surface area contributed by atoms with E-state index < -0.39 is 0 Å². The fourth-order valence-corrected chi connectivity index (χ4v) is 2.07. The van der Waals surface area contributed by atoms with Crippen LogP contribution in [-0.4, -0.2) is 17.0 Å². The van der Waals surface area contributed by atoms with E-state index in [0.29, 0.717) is 24.5 Å². The second-order valence-corrected chi connectivity index (χ2v) is 4.63. The maximum absolute atomic E-state index is 10.9. The molecule has 2 rings (SSSR count). The van der Waals surface area contributed by atoms with Crippen LogP contribution in [0.3, 0.4) is 0 Å². The summed E-state index contributed by atoms with van der Waals surface area (Å²) in [6.07, 6.45) is 1.69. The number of rotatable bonds is 6. The second-order valence-electron chi connectivity index (χ2n) is 4.63. The molecule has 21 heavy (non-hydrogen) atoms. The number of pyridine rings is 1. The van der Waals surface area contributed by atoms with Gasteiger partial charge in [-0.3, -0.25) is 10.1 Å². The molecule has 0 spiro atoms. The molecule has 1 heterocycles. The van der Waals surface area contributed by atoms with Gasteiger partial charge in [0.15, 0.2) is 0 Å². The van der Waals surface area contributed by atoms with E-state index in [1.807, 2.05) is 18.2 Å². The lowest BCUT2D eigenvalue weighted by Gasteiger charge is -2.09. The van der Waals surface area contributed by atoms with Gasteiger partial charge in [0.2, 0.25) is 5.88 Å². The molecule has 1 aromatic heterocycles. The number of hydrogen-bond donors (Lipinski definition) is 1. The first kappa shape index (κ1) is 14.9. The molecule has 1 aromatic carbocycles. The van der Waals surface area contributed by atoms with Gasteiger partial charge in [-0.2, -0.15) is 0 Å². The van der Waals surface area contributed by atoms with Crippen molar-refractivity contribution in [2.75, 3.05) is 7.11 Å². The molecule has 0 bridgehead atoms. The van der Waals surface area contributed by atoms with Gasteiger partial charge in [0, 0.05) is 37.0 Å². The van der Waals surface area contributed by atoms with Crippen molar-refractivity contribution in [3.05, 3.63) is 63.3 Å². The second kappa shape index (κ2) is 6.81. The Bertz CT molecular complexity index is 644. The summed E-state index contributed by atoms with van der Waals surface area (Å²) in [5, 5.41) is 14.2. The Morgan fingerprint density at radius 3 is 2.86 bits per heavy atom. The SMILES string of the molecule is COc1cc(CNCc2cccc([N+](=O)[O-])c2C)ccn1. The van der Waals surface area contributed by atoms with E-state index in [1.54, 1.807) is 26.3 Å². The molecule has 0 aliphatic heterocycles. The highest BCUT2D eigenvalue weighted by molar-refractivity contribution is 5.44. The number of aromatic nitrogens is 1. The molecule has 0 fully saturated rings. The average Bonchev–Trinajstić information content (AvgIpc) is 2.49. The molecule has 6 nitrogen and oxygen atoms in total. The van der Waals surface area contributed by atoms with E-state index in [0.717, 1.165) is 11.1 Å². The topological polar surface area (TPSA) is 77.3 Å². The lowest BCUT2D eigenvalue weighted by Crippen LogP contribution is -2.14. The summed E-state index contributed by atoms with van der Waals surface area (Å²) >= 11 is 0. The number of methoxy groups -OCH3 is 1. The van der Waals surface area contributed by atoms with Crippen LogP contribution in [0, 0.1) is 17.0 Å². The fraction of sp³-hybridized carbons (Fsp3) is 0.267. The molecule has 0 aliphatic carbocycles. The van der Waals surface area contributed by atoms with Gasteiger partial charge < -0.3 is 10.1 Å². The van der Waals surface area contributed by atoms with Crippen LogP contribution in [-0.2, 0) is 13.1 Å². The van der Waals surface area contributed by atoms with Crippen LogP contribution in [0.15, 0.2) is 36.5 Å². The van der Waals surface area contributed by atoms with Crippen LogP contribution >= 0.6 is 0 Å². The quantitative estimate of drug-likeness (QED) is 0.652. The Morgan fingerprint density at radius 1 is 1.33 bits per heavy atom. The highest BCUT2D eigenvalue weighted by atomic mass is 16.6. The Hall–Kier alpha value is -2.47. The molecule has 0 amide bonds. The minimum atomic E-state index is -0.355. The Balaban J connectivity index is 2.00. The summed E-state index contributed by atoms with van der Waals surface area (Å²) in [5.41, 5.74) is 2.82. The minimum absolute atomic E-state index is 0.153. The molecule has 110 valence electrons. The molecule has 0 aliphatic rings. The van der Waals surface area contributed by atoms with E-state index in [-0.39, 0.29) is 10.6 Å². The van der Waals surface area contributed by atoms with Gasteiger partial charge >= 0.3 is 0 Å². The van der Waals surface area contributed by atoms with Crippen molar-refractivity contribution >= 4 is 5.69 Å². The first-order chi connectivity index (χ1) is 10.1. The van der Waals surface area contributed by atoms with E-state index in [1.165, 1.54) is 6.07 Å². The van der Waals surface area contributed by atoms with E-state index >= 15 is 0 Å². The molecule has 0 radical (unpaired) electrons. The average molecular weight is 287 g/mol. The van der Waals surface area contributed by atoms with E-state index in [4.69, 9.17) is 4.74 Å². The van der Waals surface area contributed by atoms with Crippen molar-refractivity contribution in [2.45, 2.75) is 20.0 Å². The van der Waals surface area contributed by atoms with Crippen molar-refractivity contribution < 1.29 is 9.66 Å². The van der Waals surface area contributed by atoms with Gasteiger partial charge in [-0.05, 0) is 24.1 Å². The van der Waals surface area contributed by atoms with Crippen LogP contribution in [0.25, 0.3) is 0 Å². The number of benzene rings is 1. The molecule has 0 saturated carbocycles. The lowest BCUT2D eigenvalue weighted by atomic mass is 10.1. The number of nitrogens with one attached hydrogen (secondary N) is 1. The van der Waals surface area contributed by atoms with Crippen molar-refractivity contribution in [3.63, 3.8) is 0 Å². The molecule has 0 atom stereocenters. The van der Waals surface area contributed by atoms with Crippen molar-refractivity contribution in [2.24, 2.45) is 0 Å². The molecule has 0 saturated heterocycles. The zero-order valence-corrected chi connectivity index (χ0v) is 12.0. The van der Waals surface area contributed by atoms with Gasteiger partial charge in [-0.25, -0.2) is 4.98 Å². The van der Waals surface area contributed by atoms with Crippen LogP contribution in [0.1, 0.15) is 16.7 Å². The van der Waals surface area contributed by atoms with Crippen LogP contribution < -0.4 is 10.1 Å². The first-order valence-corrected chi connectivity index (χ1v) is 6.54. The normalized spacial score (nSPS) is 10.4. The summed E-state index contributed by atoms with van der Waals surface area (Å²) in [4.78, 5) is 14.6. The van der Waals surface area contributed by atoms with Crippen LogP contribution in [0.4, 0.5) is 5.69 Å². The summed E-state index contributed by atoms with van der Waals surface area (Å²) in [6, 6.07) is 8.87. The molecular weight excluding hydrogens is 270 g/mol. The van der Waals surface area contributed by atoms with Gasteiger partial charge in [0.1, 0.15) is 0 Å². The minimum Gasteiger partial charge on any atom is -0.481 e. The standard InChI is InChI=1S/C15H17N3O3/c1-11-13(4-3-5-14(11)18(19)20)10-16-9-12-6-7-17-15(8-12)21-2/h3-8,16H,9-10H2,1-2H3. The largest absolute Gasteiger partial charge is 0.481 e. The monoisotopic (exact) mass is 287 g/mol. The predicted molar refractivity (Wildman–Crippen MR) is 79.2 cm³/mol. The predicted octanol–water partition coefficient (Wildman–Crippen LogP) is 2.60. The fourth-order valence-electron chi connectivity index (χ4n) is 2.07. The Morgan fingerprint density at radius 2 is 2.14 bits per heavy atom. The third-order valence-corrected chi connectivity index (χ3v) is 3.27. The zero-order chi connectivity index (χ0) is 15.2. The third kappa shape index (κ3) is 3.76. The first-order valence-electron chi connectivity index (χ1n) is 6.54. The highest BCUT2D eigenvalue weighted by Crippen LogP contribution is 2.21. The molecule has 6 heteroatoms. The summed E-state index contributed by atoms with van der Waals surface area (Å²) < 4.78 is 5.07. The maximum Gasteiger partial charge on any atom is 0.272 e. The molecule has 1 N–H and O–H groups in total. The van der Waals surface area contributed by atoms with Gasteiger partial charge in [-0.15, -0.1) is 0 Å². The summed E-state index contributed by atoms with van der Waals surface area (Å²) in [7, 11) is 1.58. The van der Waals surface area contributed by atoms with Crippen LogP contribution in [0.5, 0.6) is 5.88 Å². The lowest BCUT2D eigenvalue weighted by molar-refractivity contribution is -0.385. The van der Waals surface area contributed by atoms with Gasteiger partial charge in [0.05, 0.1) is 12.0 Å². The van der Waals surface area contributed by atoms with Gasteiger partial charge in [0.25, 0.3) is 5.69 Å². The number of nitro groups is 1. The maximum atomic E-state index is 10.9. The zero-order valence-electron chi connectivity index (χ0n) is 12.0. The third-order valence-electron chi connectivity index (χ3n) is 3.27. The van der Waals surface area contributed by atoms with E-state index in [9.17, 15) is 10.1 Å². The molecule has 0 unspecified atom stereocenters. The number of nitrogens with zero attached hydrogens (tertiary/aromatic N) is 2. The van der Waals surface area contributed by atoms with Crippen molar-refractivity contribution in [3.8, 4) is 5.88 Å². The molecular formula is C15H17N3O3.